The predicted molar refractivity (Wildman–Crippen MR) is 116 cm³/mol. The summed E-state index contributed by atoms with van der Waals surface area (Å²) >= 11 is 1.57. The van der Waals surface area contributed by atoms with Crippen LogP contribution >= 0.6 is 11.3 Å². The lowest BCUT2D eigenvalue weighted by molar-refractivity contribution is 0.171. The van der Waals surface area contributed by atoms with Gasteiger partial charge in [-0.2, -0.15) is 11.3 Å². The van der Waals surface area contributed by atoms with E-state index >= 15 is 0 Å². The summed E-state index contributed by atoms with van der Waals surface area (Å²) in [5, 5.41) is 16.4. The van der Waals surface area contributed by atoms with E-state index in [1.54, 1.807) is 35.5 Å². The molecule has 7 heteroatoms. The van der Waals surface area contributed by atoms with Crippen LogP contribution in [0.2, 0.25) is 0 Å². The third-order valence-electron chi connectivity index (χ3n) is 4.78. The smallest absolute Gasteiger partial charge is 0.318 e. The number of hydrogen-bond acceptors (Lipinski definition) is 4. The Balaban J connectivity index is 1.80. The zero-order chi connectivity index (χ0) is 21.3. The van der Waals surface area contributed by atoms with Crippen LogP contribution in [0.1, 0.15) is 22.7 Å². The zero-order valence-corrected chi connectivity index (χ0v) is 17.6. The molecule has 1 unspecified atom stereocenters. The van der Waals surface area contributed by atoms with Crippen LogP contribution in [0.4, 0.5) is 9.18 Å². The van der Waals surface area contributed by atoms with Crippen molar-refractivity contribution in [1.82, 2.24) is 10.2 Å². The fraction of sp³-hybridized carbons (Fsp3) is 0.261. The SMILES string of the molecule is COc1ccc(C(Cc2ccc(F)cc2)NC(=O)N(CCO)Cc2ccsc2)cc1. The summed E-state index contributed by atoms with van der Waals surface area (Å²) in [6.45, 7) is 0.526. The number of halogens is 1. The Morgan fingerprint density at radius 3 is 2.47 bits per heavy atom. The minimum atomic E-state index is -0.322. The number of hydrogen-bond donors (Lipinski definition) is 2. The second kappa shape index (κ2) is 10.8. The van der Waals surface area contributed by atoms with Gasteiger partial charge in [-0.15, -0.1) is 0 Å². The molecular formula is C23H25FN2O3S. The van der Waals surface area contributed by atoms with Crippen molar-refractivity contribution in [3.8, 4) is 5.75 Å². The molecule has 2 N–H and O–H groups in total. The number of nitrogens with one attached hydrogen (secondary N) is 1. The normalized spacial score (nSPS) is 11.7. The van der Waals surface area contributed by atoms with Gasteiger partial charge in [0.15, 0.2) is 0 Å². The van der Waals surface area contributed by atoms with Gasteiger partial charge in [-0.1, -0.05) is 24.3 Å². The van der Waals surface area contributed by atoms with Gasteiger partial charge in [-0.05, 0) is 64.2 Å². The molecule has 158 valence electrons. The third-order valence-corrected chi connectivity index (χ3v) is 5.51. The topological polar surface area (TPSA) is 61.8 Å². The molecule has 0 bridgehead atoms. The van der Waals surface area contributed by atoms with Gasteiger partial charge in [0.25, 0.3) is 0 Å². The molecule has 5 nitrogen and oxygen atoms in total. The summed E-state index contributed by atoms with van der Waals surface area (Å²) in [4.78, 5) is 14.6. The molecule has 2 aromatic carbocycles. The number of thiophene rings is 1. The second-order valence-electron chi connectivity index (χ2n) is 6.88. The molecule has 1 heterocycles. The number of carbonyl (C=O) groups is 1. The second-order valence-corrected chi connectivity index (χ2v) is 7.66. The number of urea groups is 1. The van der Waals surface area contributed by atoms with Crippen molar-refractivity contribution >= 4 is 17.4 Å². The Morgan fingerprint density at radius 1 is 1.13 bits per heavy atom. The monoisotopic (exact) mass is 428 g/mol. The van der Waals surface area contributed by atoms with Crippen LogP contribution in [0.25, 0.3) is 0 Å². The fourth-order valence-electron chi connectivity index (χ4n) is 3.16. The molecule has 1 atom stereocenters. The van der Waals surface area contributed by atoms with Gasteiger partial charge < -0.3 is 20.1 Å². The Labute approximate surface area is 179 Å². The van der Waals surface area contributed by atoms with Crippen molar-refractivity contribution in [3.63, 3.8) is 0 Å². The van der Waals surface area contributed by atoms with E-state index in [-0.39, 0.29) is 31.0 Å². The van der Waals surface area contributed by atoms with Gasteiger partial charge in [0.1, 0.15) is 11.6 Å². The molecule has 30 heavy (non-hydrogen) atoms. The summed E-state index contributed by atoms with van der Waals surface area (Å²) in [6.07, 6.45) is 0.504. The first-order valence-electron chi connectivity index (χ1n) is 9.65. The average Bonchev–Trinajstić information content (AvgIpc) is 3.28. The van der Waals surface area contributed by atoms with E-state index < -0.39 is 0 Å². The molecule has 3 rings (SSSR count). The molecule has 0 fully saturated rings. The van der Waals surface area contributed by atoms with Crippen molar-refractivity contribution in [3.05, 3.63) is 87.9 Å². The summed E-state index contributed by atoms with van der Waals surface area (Å²) < 4.78 is 18.5. The van der Waals surface area contributed by atoms with Gasteiger partial charge in [-0.3, -0.25) is 0 Å². The van der Waals surface area contributed by atoms with E-state index in [1.807, 2.05) is 41.1 Å². The summed E-state index contributed by atoms with van der Waals surface area (Å²) in [7, 11) is 1.60. The van der Waals surface area contributed by atoms with E-state index in [9.17, 15) is 14.3 Å². The Hall–Kier alpha value is -2.90. The van der Waals surface area contributed by atoms with Crippen molar-refractivity contribution < 1.29 is 19.0 Å². The fourth-order valence-corrected chi connectivity index (χ4v) is 3.82. The highest BCUT2D eigenvalue weighted by Gasteiger charge is 2.20. The van der Waals surface area contributed by atoms with Crippen LogP contribution in [0, 0.1) is 5.82 Å². The first kappa shape index (κ1) is 21.8. The Morgan fingerprint density at radius 2 is 1.87 bits per heavy atom. The molecule has 2 amide bonds. The summed E-state index contributed by atoms with van der Waals surface area (Å²) in [5.41, 5.74) is 2.83. The maximum absolute atomic E-state index is 13.3. The van der Waals surface area contributed by atoms with Crippen molar-refractivity contribution in [2.45, 2.75) is 19.0 Å². The van der Waals surface area contributed by atoms with Crippen LogP contribution in [0.3, 0.4) is 0 Å². The van der Waals surface area contributed by atoms with Crippen molar-refractivity contribution in [1.29, 1.82) is 0 Å². The molecular weight excluding hydrogens is 403 g/mol. The van der Waals surface area contributed by atoms with E-state index in [2.05, 4.69) is 5.32 Å². The summed E-state index contributed by atoms with van der Waals surface area (Å²) in [6, 6.07) is 15.1. The van der Waals surface area contributed by atoms with E-state index in [0.29, 0.717) is 13.0 Å². The standard InChI is InChI=1S/C23H25FN2O3S/c1-29-21-8-4-19(5-9-21)22(14-17-2-6-20(24)7-3-17)25-23(28)26(11-12-27)15-18-10-13-30-16-18/h2-10,13,16,22,27H,11-12,14-15H2,1H3,(H,25,28). The molecule has 0 spiro atoms. The largest absolute Gasteiger partial charge is 0.497 e. The molecule has 1 aromatic heterocycles. The molecule has 0 aliphatic heterocycles. The maximum Gasteiger partial charge on any atom is 0.318 e. The highest BCUT2D eigenvalue weighted by Crippen LogP contribution is 2.22. The predicted octanol–water partition coefficient (Wildman–Crippen LogP) is 4.38. The minimum Gasteiger partial charge on any atom is -0.497 e. The third kappa shape index (κ3) is 6.05. The lowest BCUT2D eigenvalue weighted by Gasteiger charge is -2.26. The molecule has 0 aliphatic rings. The van der Waals surface area contributed by atoms with Crippen molar-refractivity contribution in [2.24, 2.45) is 0 Å². The lowest BCUT2D eigenvalue weighted by atomic mass is 9.98. The number of methoxy groups -OCH3 is 1. The first-order valence-corrected chi connectivity index (χ1v) is 10.6. The molecule has 3 aromatic rings. The van der Waals surface area contributed by atoms with Crippen LogP contribution in [0.15, 0.2) is 65.4 Å². The zero-order valence-electron chi connectivity index (χ0n) is 16.8. The van der Waals surface area contributed by atoms with Gasteiger partial charge in [-0.25, -0.2) is 9.18 Å². The van der Waals surface area contributed by atoms with Crippen LogP contribution in [-0.4, -0.2) is 36.3 Å². The number of rotatable bonds is 9. The van der Waals surface area contributed by atoms with Crippen LogP contribution in [0.5, 0.6) is 5.75 Å². The van der Waals surface area contributed by atoms with Crippen molar-refractivity contribution in [2.75, 3.05) is 20.3 Å². The minimum absolute atomic E-state index is 0.122. The highest BCUT2D eigenvalue weighted by molar-refractivity contribution is 7.07. The van der Waals surface area contributed by atoms with Gasteiger partial charge in [0.05, 0.1) is 19.8 Å². The molecule has 0 radical (unpaired) electrons. The number of aliphatic hydroxyl groups is 1. The number of ether oxygens (including phenoxy) is 1. The average molecular weight is 429 g/mol. The molecule has 0 saturated heterocycles. The van der Waals surface area contributed by atoms with E-state index in [0.717, 1.165) is 22.4 Å². The van der Waals surface area contributed by atoms with Gasteiger partial charge >= 0.3 is 6.03 Å². The molecule has 0 saturated carbocycles. The lowest BCUT2D eigenvalue weighted by Crippen LogP contribution is -2.43. The maximum atomic E-state index is 13.3. The Bertz CT molecular complexity index is 915. The van der Waals surface area contributed by atoms with Crippen LogP contribution in [-0.2, 0) is 13.0 Å². The van der Waals surface area contributed by atoms with E-state index in [4.69, 9.17) is 4.74 Å². The van der Waals surface area contributed by atoms with Gasteiger partial charge in [0, 0.05) is 13.1 Å². The Kier molecular flexibility index (Phi) is 7.82. The number of nitrogens with zero attached hydrogens (tertiary/aromatic N) is 1. The number of amides is 2. The number of carbonyl (C=O) groups excluding carboxylic acids is 1. The van der Waals surface area contributed by atoms with Crippen LogP contribution < -0.4 is 10.1 Å². The summed E-state index contributed by atoms with van der Waals surface area (Å²) in [5.74, 6) is 0.429. The number of benzene rings is 2. The highest BCUT2D eigenvalue weighted by atomic mass is 32.1. The first-order chi connectivity index (χ1) is 14.6. The van der Waals surface area contributed by atoms with E-state index in [1.165, 1.54) is 12.1 Å². The quantitative estimate of drug-likeness (QED) is 0.532. The van der Waals surface area contributed by atoms with Gasteiger partial charge in [0.2, 0.25) is 0 Å². The number of aliphatic hydroxyl groups excluding tert-OH is 1. The molecule has 0 aliphatic carbocycles.